The fourth-order valence-electron chi connectivity index (χ4n) is 2.09. The highest BCUT2D eigenvalue weighted by atomic mass is 35.5. The van der Waals surface area contributed by atoms with Crippen molar-refractivity contribution in [2.75, 3.05) is 13.2 Å². The van der Waals surface area contributed by atoms with Gasteiger partial charge < -0.3 is 15.7 Å². The van der Waals surface area contributed by atoms with Crippen molar-refractivity contribution in [1.82, 2.24) is 10.6 Å². The average molecular weight is 371 g/mol. The summed E-state index contributed by atoms with van der Waals surface area (Å²) in [7, 11) is 0. The summed E-state index contributed by atoms with van der Waals surface area (Å²) in [6, 6.07) is 16.1. The lowest BCUT2D eigenvalue weighted by molar-refractivity contribution is -0.117. The van der Waals surface area contributed by atoms with E-state index in [1.165, 1.54) is 6.08 Å². The first-order valence-electron chi connectivity index (χ1n) is 8.00. The lowest BCUT2D eigenvalue weighted by Gasteiger charge is -2.10. The van der Waals surface area contributed by atoms with Crippen molar-refractivity contribution in [1.29, 1.82) is 0 Å². The van der Waals surface area contributed by atoms with E-state index < -0.39 is 11.8 Å². The number of rotatable bonds is 7. The Labute approximate surface area is 157 Å². The molecule has 2 amide bonds. The van der Waals surface area contributed by atoms with Gasteiger partial charge in [-0.3, -0.25) is 9.59 Å². The largest absolute Gasteiger partial charge is 0.395 e. The molecule has 0 atom stereocenters. The van der Waals surface area contributed by atoms with Gasteiger partial charge in [0.15, 0.2) is 0 Å². The topological polar surface area (TPSA) is 78.4 Å². The molecule has 5 nitrogen and oxygen atoms in total. The van der Waals surface area contributed by atoms with E-state index in [0.29, 0.717) is 5.02 Å². The Morgan fingerprint density at radius 1 is 1.04 bits per heavy atom. The Balaban J connectivity index is 2.19. The van der Waals surface area contributed by atoms with Crippen LogP contribution in [0.4, 0.5) is 0 Å². The van der Waals surface area contributed by atoms with Gasteiger partial charge in [-0.05, 0) is 23.8 Å². The Morgan fingerprint density at radius 3 is 2.42 bits per heavy atom. The third-order valence-electron chi connectivity index (χ3n) is 3.36. The molecule has 2 rings (SSSR count). The summed E-state index contributed by atoms with van der Waals surface area (Å²) < 4.78 is 0. The Morgan fingerprint density at radius 2 is 1.73 bits per heavy atom. The normalized spacial score (nSPS) is 11.4. The highest BCUT2D eigenvalue weighted by Gasteiger charge is 2.15. The molecule has 0 fully saturated rings. The zero-order chi connectivity index (χ0) is 18.8. The number of carbonyl (C=O) groups is 2. The smallest absolute Gasteiger partial charge is 0.267 e. The molecule has 2 aromatic carbocycles. The number of aliphatic hydroxyl groups excluding tert-OH is 1. The maximum atomic E-state index is 12.4. The maximum Gasteiger partial charge on any atom is 0.267 e. The molecule has 26 heavy (non-hydrogen) atoms. The highest BCUT2D eigenvalue weighted by Crippen LogP contribution is 2.15. The molecule has 6 heteroatoms. The summed E-state index contributed by atoms with van der Waals surface area (Å²) in [5.41, 5.74) is 1.27. The predicted octanol–water partition coefficient (Wildman–Crippen LogP) is 2.78. The van der Waals surface area contributed by atoms with Crippen LogP contribution in [0.5, 0.6) is 0 Å². The van der Waals surface area contributed by atoms with E-state index >= 15 is 0 Å². The molecule has 0 spiro atoms. The number of nitrogens with one attached hydrogen (secondary N) is 2. The minimum atomic E-state index is -0.503. The van der Waals surface area contributed by atoms with E-state index in [1.807, 2.05) is 30.3 Å². The van der Waals surface area contributed by atoms with Crippen molar-refractivity contribution < 1.29 is 14.7 Å². The number of carbonyl (C=O) groups excluding carboxylic acids is 2. The van der Waals surface area contributed by atoms with Crippen molar-refractivity contribution in [3.8, 4) is 0 Å². The van der Waals surface area contributed by atoms with E-state index in [4.69, 9.17) is 16.7 Å². The van der Waals surface area contributed by atoms with E-state index in [9.17, 15) is 9.59 Å². The minimum absolute atomic E-state index is 0.0514. The van der Waals surface area contributed by atoms with Crippen LogP contribution in [0.15, 0.2) is 72.4 Å². The molecule has 3 N–H and O–H groups in total. The van der Waals surface area contributed by atoms with Gasteiger partial charge in [0, 0.05) is 6.54 Å². The number of allylic oxidation sites excluding steroid dienone is 2. The standard InChI is InChI=1S/C20H19ClN2O3/c21-17-11-5-4-10-16(17)19(25)23-18(20(26)22-13-14-24)12-6-9-15-7-2-1-3-8-15/h1-12,24H,13-14H2,(H,22,26)(H,23,25)/b9-6-,18-12+. The van der Waals surface area contributed by atoms with Gasteiger partial charge in [-0.15, -0.1) is 0 Å². The van der Waals surface area contributed by atoms with Gasteiger partial charge in [-0.1, -0.05) is 66.2 Å². The van der Waals surface area contributed by atoms with Crippen LogP contribution in [0.2, 0.25) is 5.02 Å². The van der Waals surface area contributed by atoms with E-state index in [1.54, 1.807) is 36.4 Å². The summed E-state index contributed by atoms with van der Waals surface area (Å²) in [5, 5.41) is 14.2. The fraction of sp³-hybridized carbons (Fsp3) is 0.100. The summed E-state index contributed by atoms with van der Waals surface area (Å²) in [4.78, 5) is 24.6. The summed E-state index contributed by atoms with van der Waals surface area (Å²) in [6.45, 7) is -0.113. The number of hydrogen-bond donors (Lipinski definition) is 3. The molecular formula is C20H19ClN2O3. The zero-order valence-electron chi connectivity index (χ0n) is 14.0. The molecule has 0 bridgehead atoms. The van der Waals surface area contributed by atoms with E-state index in [2.05, 4.69) is 10.6 Å². The fourth-order valence-corrected chi connectivity index (χ4v) is 2.31. The number of halogens is 1. The van der Waals surface area contributed by atoms with Crippen LogP contribution in [0.25, 0.3) is 6.08 Å². The van der Waals surface area contributed by atoms with Crippen molar-refractivity contribution >= 4 is 29.5 Å². The van der Waals surface area contributed by atoms with Gasteiger partial charge in [0.05, 0.1) is 17.2 Å². The van der Waals surface area contributed by atoms with Crippen LogP contribution in [-0.4, -0.2) is 30.1 Å². The monoisotopic (exact) mass is 370 g/mol. The number of amides is 2. The molecular weight excluding hydrogens is 352 g/mol. The second kappa shape index (κ2) is 10.2. The van der Waals surface area contributed by atoms with Crippen molar-refractivity contribution in [3.63, 3.8) is 0 Å². The summed E-state index contributed by atoms with van der Waals surface area (Å²) >= 11 is 6.02. The third kappa shape index (κ3) is 5.88. The van der Waals surface area contributed by atoms with Crippen molar-refractivity contribution in [2.45, 2.75) is 0 Å². The van der Waals surface area contributed by atoms with Gasteiger partial charge in [0.2, 0.25) is 0 Å². The van der Waals surface area contributed by atoms with Crippen LogP contribution in [-0.2, 0) is 4.79 Å². The van der Waals surface area contributed by atoms with Gasteiger partial charge in [-0.2, -0.15) is 0 Å². The maximum absolute atomic E-state index is 12.4. The Bertz CT molecular complexity index is 817. The van der Waals surface area contributed by atoms with Crippen molar-refractivity contribution in [2.24, 2.45) is 0 Å². The predicted molar refractivity (Wildman–Crippen MR) is 103 cm³/mol. The van der Waals surface area contributed by atoms with Gasteiger partial charge in [-0.25, -0.2) is 0 Å². The zero-order valence-corrected chi connectivity index (χ0v) is 14.7. The first-order chi connectivity index (χ1) is 12.6. The molecule has 0 aliphatic carbocycles. The molecule has 0 unspecified atom stereocenters. The SMILES string of the molecule is O=C(NCCO)/C(=C\C=C/c1ccccc1)NC(=O)c1ccccc1Cl. The highest BCUT2D eigenvalue weighted by molar-refractivity contribution is 6.34. The molecule has 134 valence electrons. The molecule has 0 aromatic heterocycles. The second-order valence-corrected chi connectivity index (χ2v) is 5.67. The molecule has 0 saturated carbocycles. The molecule has 0 aliphatic rings. The lowest BCUT2D eigenvalue weighted by atomic mass is 10.2. The molecule has 2 aromatic rings. The van der Waals surface area contributed by atoms with Crippen LogP contribution in [0, 0.1) is 0 Å². The number of hydrogen-bond acceptors (Lipinski definition) is 3. The second-order valence-electron chi connectivity index (χ2n) is 5.26. The summed E-state index contributed by atoms with van der Waals surface area (Å²) in [5.74, 6) is -0.994. The van der Waals surface area contributed by atoms with Gasteiger partial charge >= 0.3 is 0 Å². The number of benzene rings is 2. The van der Waals surface area contributed by atoms with E-state index in [-0.39, 0.29) is 24.4 Å². The molecule has 0 saturated heterocycles. The summed E-state index contributed by atoms with van der Waals surface area (Å²) in [6.07, 6.45) is 4.96. The van der Waals surface area contributed by atoms with Crippen molar-refractivity contribution in [3.05, 3.63) is 88.6 Å². The van der Waals surface area contributed by atoms with Crippen LogP contribution >= 0.6 is 11.6 Å². The van der Waals surface area contributed by atoms with E-state index in [0.717, 1.165) is 5.56 Å². The van der Waals surface area contributed by atoms with Gasteiger partial charge in [0.25, 0.3) is 11.8 Å². The van der Waals surface area contributed by atoms with Crippen LogP contribution < -0.4 is 10.6 Å². The van der Waals surface area contributed by atoms with Gasteiger partial charge in [0.1, 0.15) is 5.70 Å². The lowest BCUT2D eigenvalue weighted by Crippen LogP contribution is -2.36. The molecule has 0 radical (unpaired) electrons. The average Bonchev–Trinajstić information content (AvgIpc) is 2.66. The Hall–Kier alpha value is -2.89. The minimum Gasteiger partial charge on any atom is -0.395 e. The van der Waals surface area contributed by atoms with Crippen LogP contribution in [0.3, 0.4) is 0 Å². The van der Waals surface area contributed by atoms with Crippen LogP contribution in [0.1, 0.15) is 15.9 Å². The third-order valence-corrected chi connectivity index (χ3v) is 3.69. The molecule has 0 heterocycles. The molecule has 0 aliphatic heterocycles. The quantitative estimate of drug-likeness (QED) is 0.518. The first kappa shape index (κ1) is 19.4. The Kier molecular flexibility index (Phi) is 7.61. The number of aliphatic hydroxyl groups is 1. The first-order valence-corrected chi connectivity index (χ1v) is 8.38.